The number of anilines is 1. The number of benzene rings is 2. The molecule has 7 heteroatoms. The van der Waals surface area contributed by atoms with E-state index in [0.29, 0.717) is 18.5 Å². The summed E-state index contributed by atoms with van der Waals surface area (Å²) in [4.78, 5) is 13.1. The molecular formula is C22H30N2O4S. The zero-order valence-corrected chi connectivity index (χ0v) is 18.5. The maximum Gasteiger partial charge on any atom is 0.244 e. The predicted molar refractivity (Wildman–Crippen MR) is 117 cm³/mol. The predicted octanol–water partition coefficient (Wildman–Crippen LogP) is 3.82. The van der Waals surface area contributed by atoms with Gasteiger partial charge in [-0.2, -0.15) is 0 Å². The van der Waals surface area contributed by atoms with E-state index >= 15 is 0 Å². The molecule has 0 heterocycles. The van der Waals surface area contributed by atoms with Crippen molar-refractivity contribution in [2.24, 2.45) is 0 Å². The van der Waals surface area contributed by atoms with E-state index in [4.69, 9.17) is 4.74 Å². The van der Waals surface area contributed by atoms with Gasteiger partial charge in [0.05, 0.1) is 25.1 Å². The van der Waals surface area contributed by atoms with Gasteiger partial charge in [-0.15, -0.1) is 0 Å². The van der Waals surface area contributed by atoms with E-state index in [2.05, 4.69) is 5.32 Å². The van der Waals surface area contributed by atoms with Crippen LogP contribution in [0, 0.1) is 6.92 Å². The van der Waals surface area contributed by atoms with Gasteiger partial charge in [0.2, 0.25) is 15.9 Å². The number of methoxy groups -OCH3 is 1. The summed E-state index contributed by atoms with van der Waals surface area (Å²) in [5.74, 6) is 0.421. The Balaban J connectivity index is 2.30. The first-order valence-electron chi connectivity index (χ1n) is 9.71. The second-order valence-corrected chi connectivity index (χ2v) is 8.92. The minimum atomic E-state index is -3.65. The Morgan fingerprint density at radius 2 is 1.62 bits per heavy atom. The molecule has 0 spiro atoms. The van der Waals surface area contributed by atoms with E-state index in [-0.39, 0.29) is 11.9 Å². The lowest BCUT2D eigenvalue weighted by Crippen LogP contribution is -2.50. The van der Waals surface area contributed by atoms with Crippen LogP contribution in [-0.2, 0) is 14.8 Å². The third-order valence-electron chi connectivity index (χ3n) is 4.86. The number of carbonyl (C=O) groups excluding carboxylic acids is 1. The summed E-state index contributed by atoms with van der Waals surface area (Å²) in [5.41, 5.74) is 2.44. The largest absolute Gasteiger partial charge is 0.497 e. The second kappa shape index (κ2) is 9.78. The summed E-state index contributed by atoms with van der Waals surface area (Å²) >= 11 is 0. The second-order valence-electron chi connectivity index (χ2n) is 7.06. The van der Waals surface area contributed by atoms with Crippen LogP contribution in [-0.4, -0.2) is 33.7 Å². The van der Waals surface area contributed by atoms with Crippen LogP contribution in [0.25, 0.3) is 0 Å². The van der Waals surface area contributed by atoms with E-state index < -0.39 is 16.1 Å². The molecule has 1 amide bonds. The van der Waals surface area contributed by atoms with Crippen LogP contribution >= 0.6 is 0 Å². The fourth-order valence-corrected chi connectivity index (χ4v) is 4.49. The lowest BCUT2D eigenvalue weighted by atomic mass is 10.0. The van der Waals surface area contributed by atoms with Crippen LogP contribution in [0.15, 0.2) is 48.5 Å². The maximum atomic E-state index is 13.1. The highest BCUT2D eigenvalue weighted by molar-refractivity contribution is 7.92. The number of rotatable bonds is 9. The van der Waals surface area contributed by atoms with Gasteiger partial charge in [-0.1, -0.05) is 43.7 Å². The van der Waals surface area contributed by atoms with E-state index in [1.165, 1.54) is 4.31 Å². The fourth-order valence-electron chi connectivity index (χ4n) is 3.28. The van der Waals surface area contributed by atoms with Crippen molar-refractivity contribution in [1.29, 1.82) is 0 Å². The van der Waals surface area contributed by atoms with Crippen molar-refractivity contribution >= 4 is 21.6 Å². The highest BCUT2D eigenvalue weighted by Gasteiger charge is 2.32. The molecule has 158 valence electrons. The average Bonchev–Trinajstić information content (AvgIpc) is 2.70. The quantitative estimate of drug-likeness (QED) is 0.672. The van der Waals surface area contributed by atoms with Crippen LogP contribution in [0.1, 0.15) is 43.9 Å². The Morgan fingerprint density at radius 1 is 1.03 bits per heavy atom. The number of amides is 1. The van der Waals surface area contributed by atoms with Crippen molar-refractivity contribution in [2.45, 2.75) is 45.7 Å². The van der Waals surface area contributed by atoms with E-state index in [1.54, 1.807) is 19.2 Å². The molecule has 29 heavy (non-hydrogen) atoms. The number of nitrogens with one attached hydrogen (secondary N) is 1. The standard InChI is InChI=1S/C22H30N2O4S/c1-6-20(17-10-14-19(28-4)15-11-17)23-22(25)21(7-2)24(29(5,26)27)18-12-8-16(3)9-13-18/h8-15,20-21H,6-7H2,1-5H3,(H,23,25)/t20-,21+/m0/s1. The Kier molecular flexibility index (Phi) is 7.67. The SMILES string of the molecule is CC[C@H](NC(=O)[C@@H](CC)N(c1ccc(C)cc1)S(C)(=O)=O)c1ccc(OC)cc1. The van der Waals surface area contributed by atoms with Gasteiger partial charge in [-0.3, -0.25) is 9.10 Å². The molecule has 1 N–H and O–H groups in total. The summed E-state index contributed by atoms with van der Waals surface area (Å²) in [6.45, 7) is 5.72. The first-order chi connectivity index (χ1) is 13.7. The third kappa shape index (κ3) is 5.73. The van der Waals surface area contributed by atoms with Crippen LogP contribution in [0.4, 0.5) is 5.69 Å². The molecule has 2 atom stereocenters. The summed E-state index contributed by atoms with van der Waals surface area (Å²) < 4.78 is 31.5. The molecular weight excluding hydrogens is 388 g/mol. The van der Waals surface area contributed by atoms with Gasteiger partial charge < -0.3 is 10.1 Å². The van der Waals surface area contributed by atoms with Crippen molar-refractivity contribution in [3.8, 4) is 5.75 Å². The van der Waals surface area contributed by atoms with Crippen LogP contribution in [0.5, 0.6) is 5.75 Å². The van der Waals surface area contributed by atoms with Crippen molar-refractivity contribution in [1.82, 2.24) is 5.32 Å². The molecule has 0 radical (unpaired) electrons. The molecule has 0 saturated carbocycles. The van der Waals surface area contributed by atoms with Gasteiger partial charge in [0.25, 0.3) is 0 Å². The zero-order valence-electron chi connectivity index (χ0n) is 17.7. The highest BCUT2D eigenvalue weighted by Crippen LogP contribution is 2.25. The van der Waals surface area contributed by atoms with Crippen LogP contribution in [0.2, 0.25) is 0 Å². The van der Waals surface area contributed by atoms with Gasteiger partial charge in [-0.25, -0.2) is 8.42 Å². The Labute approximate surface area is 173 Å². The van der Waals surface area contributed by atoms with Crippen molar-refractivity contribution in [2.75, 3.05) is 17.7 Å². The summed E-state index contributed by atoms with van der Waals surface area (Å²) in [6.07, 6.45) is 2.16. The molecule has 0 aromatic heterocycles. The molecule has 0 unspecified atom stereocenters. The number of nitrogens with zero attached hydrogens (tertiary/aromatic N) is 1. The van der Waals surface area contributed by atoms with Gasteiger partial charge in [-0.05, 0) is 49.6 Å². The summed E-state index contributed by atoms with van der Waals surface area (Å²) in [5, 5.41) is 3.02. The molecule has 0 bridgehead atoms. The first-order valence-corrected chi connectivity index (χ1v) is 11.6. The average molecular weight is 419 g/mol. The van der Waals surface area contributed by atoms with Gasteiger partial charge in [0.15, 0.2) is 0 Å². The molecule has 0 saturated heterocycles. The monoisotopic (exact) mass is 418 g/mol. The Bertz CT molecular complexity index is 909. The van der Waals surface area contributed by atoms with Crippen molar-refractivity contribution in [3.63, 3.8) is 0 Å². The topological polar surface area (TPSA) is 75.7 Å². The number of ether oxygens (including phenoxy) is 1. The summed E-state index contributed by atoms with van der Waals surface area (Å²) in [7, 11) is -2.05. The number of hydrogen-bond donors (Lipinski definition) is 1. The zero-order chi connectivity index (χ0) is 21.6. The number of sulfonamides is 1. The Morgan fingerprint density at radius 3 is 2.07 bits per heavy atom. The molecule has 2 aromatic carbocycles. The van der Waals surface area contributed by atoms with Crippen LogP contribution in [0.3, 0.4) is 0 Å². The number of hydrogen-bond acceptors (Lipinski definition) is 4. The molecule has 2 aromatic rings. The highest BCUT2D eigenvalue weighted by atomic mass is 32.2. The molecule has 6 nitrogen and oxygen atoms in total. The summed E-state index contributed by atoms with van der Waals surface area (Å²) in [6, 6.07) is 13.6. The van der Waals surface area contributed by atoms with Crippen molar-refractivity contribution < 1.29 is 17.9 Å². The lowest BCUT2D eigenvalue weighted by Gasteiger charge is -2.31. The van der Waals surface area contributed by atoms with Gasteiger partial charge in [0, 0.05) is 0 Å². The first kappa shape index (κ1) is 22.7. The fraction of sp³-hybridized carbons (Fsp3) is 0.409. The molecule has 2 rings (SSSR count). The number of carbonyl (C=O) groups is 1. The lowest BCUT2D eigenvalue weighted by molar-refractivity contribution is -0.123. The van der Waals surface area contributed by atoms with Crippen molar-refractivity contribution in [3.05, 3.63) is 59.7 Å². The third-order valence-corrected chi connectivity index (χ3v) is 6.04. The molecule has 0 aliphatic carbocycles. The van der Waals surface area contributed by atoms with Crippen LogP contribution < -0.4 is 14.4 Å². The minimum Gasteiger partial charge on any atom is -0.497 e. The smallest absolute Gasteiger partial charge is 0.244 e. The molecule has 0 aliphatic rings. The number of aryl methyl sites for hydroxylation is 1. The normalized spacial score (nSPS) is 13.4. The molecule has 0 fully saturated rings. The van der Waals surface area contributed by atoms with E-state index in [0.717, 1.165) is 23.1 Å². The van der Waals surface area contributed by atoms with E-state index in [1.807, 2.05) is 57.2 Å². The Hall–Kier alpha value is -2.54. The van der Waals surface area contributed by atoms with Gasteiger partial charge in [0.1, 0.15) is 11.8 Å². The van der Waals surface area contributed by atoms with E-state index in [9.17, 15) is 13.2 Å². The maximum absolute atomic E-state index is 13.1. The van der Waals surface area contributed by atoms with Gasteiger partial charge >= 0.3 is 0 Å². The molecule has 0 aliphatic heterocycles. The minimum absolute atomic E-state index is 0.220.